The molecule has 0 saturated carbocycles. The van der Waals surface area contributed by atoms with Crippen LogP contribution in [0.5, 0.6) is 5.75 Å². The van der Waals surface area contributed by atoms with E-state index >= 15 is 0 Å². The summed E-state index contributed by atoms with van der Waals surface area (Å²) in [5.74, 6) is 5.80. The average Bonchev–Trinajstić information content (AvgIpc) is 2.58. The fourth-order valence-electron chi connectivity index (χ4n) is 2.57. The number of rotatable bonds is 3. The van der Waals surface area contributed by atoms with Gasteiger partial charge in [0.05, 0.1) is 5.56 Å². The van der Waals surface area contributed by atoms with Crippen LogP contribution in [0.4, 0.5) is 0 Å². The minimum atomic E-state index is -1.04. The number of carboxylic acids is 1. The second-order valence-corrected chi connectivity index (χ2v) is 5.43. The molecular formula is C20H16O4. The van der Waals surface area contributed by atoms with Gasteiger partial charge in [-0.25, -0.2) is 4.79 Å². The second-order valence-electron chi connectivity index (χ2n) is 5.43. The highest BCUT2D eigenvalue weighted by Gasteiger charge is 2.09. The van der Waals surface area contributed by atoms with Gasteiger partial charge < -0.3 is 14.9 Å². The highest BCUT2D eigenvalue weighted by molar-refractivity contribution is 5.90. The van der Waals surface area contributed by atoms with Crippen LogP contribution < -0.4 is 4.74 Å². The summed E-state index contributed by atoms with van der Waals surface area (Å²) in [7, 11) is 0. The summed E-state index contributed by atoms with van der Waals surface area (Å²) in [6.45, 7) is -0.417. The molecule has 0 fully saturated rings. The molecule has 4 heteroatoms. The van der Waals surface area contributed by atoms with Crippen LogP contribution in [0.3, 0.4) is 0 Å². The van der Waals surface area contributed by atoms with Gasteiger partial charge in [0.25, 0.3) is 0 Å². The summed E-state index contributed by atoms with van der Waals surface area (Å²) in [4.78, 5) is 10.8. The van der Waals surface area contributed by atoms with E-state index in [1.54, 1.807) is 18.2 Å². The van der Waals surface area contributed by atoms with Gasteiger partial charge in [-0.2, -0.15) is 0 Å². The van der Waals surface area contributed by atoms with Gasteiger partial charge in [-0.3, -0.25) is 0 Å². The SMILES string of the molecule is O=C(O)COc1ccc2ccccc2c1C#CC1=CC(O)=CCC1. The van der Waals surface area contributed by atoms with Crippen LogP contribution in [0.2, 0.25) is 0 Å². The molecule has 2 aromatic rings. The predicted molar refractivity (Wildman–Crippen MR) is 92.0 cm³/mol. The van der Waals surface area contributed by atoms with Crippen LogP contribution in [0.25, 0.3) is 10.8 Å². The van der Waals surface area contributed by atoms with E-state index in [4.69, 9.17) is 9.84 Å². The molecule has 1 aliphatic carbocycles. The Labute approximate surface area is 139 Å². The standard InChI is InChI=1S/C20H16O4/c21-16-6-3-4-14(12-16)8-10-18-17-7-2-1-5-15(17)9-11-19(18)24-13-20(22)23/h1-2,5-7,9,11-12,21H,3-4,13H2,(H,22,23). The maximum Gasteiger partial charge on any atom is 0.341 e. The van der Waals surface area contributed by atoms with E-state index < -0.39 is 12.6 Å². The zero-order chi connectivity index (χ0) is 16.9. The summed E-state index contributed by atoms with van der Waals surface area (Å²) in [5, 5.41) is 20.3. The second kappa shape index (κ2) is 6.93. The van der Waals surface area contributed by atoms with E-state index in [2.05, 4.69) is 11.8 Å². The monoisotopic (exact) mass is 320 g/mol. The quantitative estimate of drug-likeness (QED) is 0.844. The van der Waals surface area contributed by atoms with Gasteiger partial charge in [0.2, 0.25) is 0 Å². The van der Waals surface area contributed by atoms with Crippen molar-refractivity contribution in [2.24, 2.45) is 0 Å². The van der Waals surface area contributed by atoms with Gasteiger partial charge in [0.15, 0.2) is 6.61 Å². The summed E-state index contributed by atoms with van der Waals surface area (Å²) >= 11 is 0. The van der Waals surface area contributed by atoms with Crippen LogP contribution in [-0.2, 0) is 4.79 Å². The van der Waals surface area contributed by atoms with Crippen molar-refractivity contribution >= 4 is 16.7 Å². The molecule has 0 amide bonds. The number of carbonyl (C=O) groups is 1. The minimum absolute atomic E-state index is 0.228. The third-order valence-corrected chi connectivity index (χ3v) is 3.68. The third kappa shape index (κ3) is 3.58. The minimum Gasteiger partial charge on any atom is -0.508 e. The number of carboxylic acid groups (broad SMARTS) is 1. The van der Waals surface area contributed by atoms with Crippen molar-refractivity contribution in [2.45, 2.75) is 12.8 Å². The first kappa shape index (κ1) is 15.7. The molecular weight excluding hydrogens is 304 g/mol. The van der Waals surface area contributed by atoms with Crippen molar-refractivity contribution in [3.8, 4) is 17.6 Å². The van der Waals surface area contributed by atoms with E-state index in [1.807, 2.05) is 30.3 Å². The van der Waals surface area contributed by atoms with Gasteiger partial charge >= 0.3 is 5.97 Å². The Balaban J connectivity index is 2.05. The molecule has 24 heavy (non-hydrogen) atoms. The maximum absolute atomic E-state index is 10.8. The van der Waals surface area contributed by atoms with Crippen molar-refractivity contribution in [3.63, 3.8) is 0 Å². The maximum atomic E-state index is 10.8. The Kier molecular flexibility index (Phi) is 4.53. The molecule has 2 N–H and O–H groups in total. The van der Waals surface area contributed by atoms with Gasteiger partial charge in [-0.05, 0) is 36.4 Å². The molecule has 0 aliphatic heterocycles. The summed E-state index contributed by atoms with van der Waals surface area (Å²) in [6.07, 6.45) is 4.93. The van der Waals surface area contributed by atoms with Crippen molar-refractivity contribution in [1.29, 1.82) is 0 Å². The van der Waals surface area contributed by atoms with Gasteiger partial charge in [0, 0.05) is 11.0 Å². The zero-order valence-electron chi connectivity index (χ0n) is 13.0. The Morgan fingerprint density at radius 3 is 2.79 bits per heavy atom. The van der Waals surface area contributed by atoms with Crippen molar-refractivity contribution in [1.82, 2.24) is 0 Å². The van der Waals surface area contributed by atoms with Crippen LogP contribution in [0.15, 0.2) is 59.9 Å². The van der Waals surface area contributed by atoms with Crippen LogP contribution in [-0.4, -0.2) is 22.8 Å². The summed E-state index contributed by atoms with van der Waals surface area (Å²) in [5.41, 5.74) is 1.50. The number of hydrogen-bond donors (Lipinski definition) is 2. The zero-order valence-corrected chi connectivity index (χ0v) is 13.0. The van der Waals surface area contributed by atoms with Crippen molar-refractivity contribution in [2.75, 3.05) is 6.61 Å². The molecule has 0 unspecified atom stereocenters. The first-order chi connectivity index (χ1) is 11.6. The van der Waals surface area contributed by atoms with Gasteiger partial charge in [-0.1, -0.05) is 42.2 Å². The molecule has 0 radical (unpaired) electrons. The molecule has 3 rings (SSSR count). The lowest BCUT2D eigenvalue weighted by atomic mass is 10.0. The number of aliphatic hydroxyl groups excluding tert-OH is 1. The van der Waals surface area contributed by atoms with E-state index in [9.17, 15) is 9.90 Å². The van der Waals surface area contributed by atoms with Crippen LogP contribution in [0, 0.1) is 11.8 Å². The molecule has 0 heterocycles. The Hall–Kier alpha value is -3.19. The molecule has 0 atom stereocenters. The lowest BCUT2D eigenvalue weighted by molar-refractivity contribution is -0.139. The Morgan fingerprint density at radius 1 is 1.17 bits per heavy atom. The van der Waals surface area contributed by atoms with Crippen LogP contribution in [0.1, 0.15) is 18.4 Å². The Morgan fingerprint density at radius 2 is 2.00 bits per heavy atom. The Bertz CT molecular complexity index is 910. The number of benzene rings is 2. The smallest absolute Gasteiger partial charge is 0.341 e. The average molecular weight is 320 g/mol. The van der Waals surface area contributed by atoms with Gasteiger partial charge in [-0.15, -0.1) is 0 Å². The largest absolute Gasteiger partial charge is 0.508 e. The predicted octanol–water partition coefficient (Wildman–Crippen LogP) is 3.82. The molecule has 2 aromatic carbocycles. The van der Waals surface area contributed by atoms with Gasteiger partial charge in [0.1, 0.15) is 11.5 Å². The molecule has 120 valence electrons. The third-order valence-electron chi connectivity index (χ3n) is 3.68. The number of allylic oxidation sites excluding steroid dienone is 3. The van der Waals surface area contributed by atoms with E-state index in [-0.39, 0.29) is 5.76 Å². The summed E-state index contributed by atoms with van der Waals surface area (Å²) in [6, 6.07) is 11.4. The molecule has 0 aromatic heterocycles. The molecule has 1 aliphatic rings. The molecule has 4 nitrogen and oxygen atoms in total. The molecule has 0 bridgehead atoms. The first-order valence-corrected chi connectivity index (χ1v) is 7.61. The number of hydrogen-bond acceptors (Lipinski definition) is 3. The van der Waals surface area contributed by atoms with Crippen molar-refractivity contribution in [3.05, 3.63) is 65.4 Å². The van der Waals surface area contributed by atoms with E-state index in [0.717, 1.165) is 29.2 Å². The first-order valence-electron chi connectivity index (χ1n) is 7.61. The molecule has 0 spiro atoms. The van der Waals surface area contributed by atoms with E-state index in [1.165, 1.54) is 0 Å². The van der Waals surface area contributed by atoms with E-state index in [0.29, 0.717) is 11.3 Å². The number of aliphatic hydroxyl groups is 1. The fraction of sp³-hybridized carbons (Fsp3) is 0.150. The number of aliphatic carboxylic acids is 1. The topological polar surface area (TPSA) is 66.8 Å². The molecule has 0 saturated heterocycles. The highest BCUT2D eigenvalue weighted by atomic mass is 16.5. The number of ether oxygens (including phenoxy) is 1. The van der Waals surface area contributed by atoms with Crippen LogP contribution >= 0.6 is 0 Å². The lowest BCUT2D eigenvalue weighted by Gasteiger charge is -2.09. The number of fused-ring (bicyclic) bond motifs is 1. The normalized spacial score (nSPS) is 13.5. The lowest BCUT2D eigenvalue weighted by Crippen LogP contribution is -2.10. The highest BCUT2D eigenvalue weighted by Crippen LogP contribution is 2.27. The summed E-state index contributed by atoms with van der Waals surface area (Å²) < 4.78 is 5.39. The van der Waals surface area contributed by atoms with Crippen molar-refractivity contribution < 1.29 is 19.7 Å². The fourth-order valence-corrected chi connectivity index (χ4v) is 2.57.